The first-order chi connectivity index (χ1) is 11.8. The number of rotatable bonds is 0. The molecular weight excluding hydrogens is 310 g/mol. The molecule has 3 aliphatic heterocycles. The molecule has 8 nitrogen and oxygen atoms in total. The van der Waals surface area contributed by atoms with Crippen LogP contribution in [0.25, 0.3) is 0 Å². The summed E-state index contributed by atoms with van der Waals surface area (Å²) < 4.78 is 17.6. The second-order valence-electron chi connectivity index (χ2n) is 7.40. The summed E-state index contributed by atoms with van der Waals surface area (Å²) in [4.78, 5) is 0. The molecule has 8 heteroatoms. The minimum atomic E-state index is 0.141. The molecule has 6 unspecified atom stereocenters. The predicted octanol–water partition coefficient (Wildman–Crippen LogP) is -0.855. The maximum Gasteiger partial charge on any atom is 0.0784 e. The maximum atomic E-state index is 6.26. The molecule has 3 heterocycles. The summed E-state index contributed by atoms with van der Waals surface area (Å²) in [6, 6.07) is 1.36. The molecule has 0 amide bonds. The number of hydrazine groups is 3. The largest absolute Gasteiger partial charge is 0.378 e. The summed E-state index contributed by atoms with van der Waals surface area (Å²) >= 11 is 0. The molecule has 1 saturated carbocycles. The Labute approximate surface area is 143 Å². The van der Waals surface area contributed by atoms with Crippen LogP contribution in [0.2, 0.25) is 0 Å². The molecule has 4 bridgehead atoms. The molecule has 3 saturated heterocycles. The number of ether oxygens (including phenoxy) is 3. The molecule has 4 aliphatic rings. The van der Waals surface area contributed by atoms with Crippen LogP contribution in [-0.2, 0) is 14.2 Å². The van der Waals surface area contributed by atoms with Crippen LogP contribution < -0.4 is 21.7 Å². The van der Waals surface area contributed by atoms with Crippen LogP contribution in [0, 0.1) is 5.92 Å². The number of nitrogens with zero attached hydrogens (tertiary/aromatic N) is 1. The Balaban J connectivity index is 1.42. The van der Waals surface area contributed by atoms with Gasteiger partial charge in [0.1, 0.15) is 0 Å². The molecule has 4 fully saturated rings. The van der Waals surface area contributed by atoms with Gasteiger partial charge in [-0.1, -0.05) is 0 Å². The van der Waals surface area contributed by atoms with Crippen molar-refractivity contribution in [2.45, 2.75) is 56.5 Å². The summed E-state index contributed by atoms with van der Waals surface area (Å²) in [7, 11) is 0. The molecule has 4 rings (SSSR count). The van der Waals surface area contributed by atoms with E-state index < -0.39 is 0 Å². The zero-order valence-electron chi connectivity index (χ0n) is 14.5. The molecule has 0 radical (unpaired) electrons. The summed E-state index contributed by atoms with van der Waals surface area (Å²) in [5, 5.41) is 2.06. The normalized spacial score (nSPS) is 47.6. The van der Waals surface area contributed by atoms with Crippen molar-refractivity contribution in [2.75, 3.05) is 39.5 Å². The van der Waals surface area contributed by atoms with E-state index in [2.05, 4.69) is 33.7 Å². The van der Waals surface area contributed by atoms with Crippen LogP contribution >= 0.6 is 0 Å². The van der Waals surface area contributed by atoms with Crippen LogP contribution in [0.4, 0.5) is 0 Å². The van der Waals surface area contributed by atoms with E-state index in [1.54, 1.807) is 0 Å². The van der Waals surface area contributed by atoms with Gasteiger partial charge in [-0.15, -0.1) is 0 Å². The molecule has 1 aliphatic carbocycles. The number of nitrogens with one attached hydrogen (secondary N) is 4. The van der Waals surface area contributed by atoms with E-state index in [0.717, 1.165) is 25.9 Å². The monoisotopic (exact) mass is 341 g/mol. The first kappa shape index (κ1) is 17.1. The van der Waals surface area contributed by atoms with Gasteiger partial charge in [0.25, 0.3) is 0 Å². The van der Waals surface area contributed by atoms with Crippen molar-refractivity contribution in [2.24, 2.45) is 5.92 Å². The second kappa shape index (κ2) is 7.92. The molecule has 4 N–H and O–H groups in total. The van der Waals surface area contributed by atoms with Crippen LogP contribution in [0.3, 0.4) is 0 Å². The number of hydrogen-bond acceptors (Lipinski definition) is 8. The third kappa shape index (κ3) is 3.91. The van der Waals surface area contributed by atoms with Crippen molar-refractivity contribution in [1.29, 1.82) is 0 Å². The third-order valence-electron chi connectivity index (χ3n) is 5.61. The standard InChI is InChI=1S/C16H31N5O3/c1-11-10-23-7-6-22-5-4-21-17-9-15(20-21)16-13-8-12(24-11)2-3-14(13)18-19-16/h11-20H,2-10H2,1H3/t11-,12?,13?,14?,15?,16?/m0/s1. The van der Waals surface area contributed by atoms with E-state index in [0.29, 0.717) is 56.6 Å². The van der Waals surface area contributed by atoms with Gasteiger partial charge in [-0.3, -0.25) is 10.9 Å². The topological polar surface area (TPSA) is 79.1 Å². The third-order valence-corrected chi connectivity index (χ3v) is 5.61. The van der Waals surface area contributed by atoms with E-state index in [1.807, 2.05) is 0 Å². The van der Waals surface area contributed by atoms with E-state index in [9.17, 15) is 0 Å². The summed E-state index contributed by atoms with van der Waals surface area (Å²) in [5.41, 5.74) is 14.1. The molecular formula is C16H31N5O3. The van der Waals surface area contributed by atoms with E-state index in [4.69, 9.17) is 14.2 Å². The SMILES string of the molecule is C[C@H]1COCCOCCN2NCC(N2)C2NNC3CCC(CC32)O1. The quantitative estimate of drug-likeness (QED) is 0.454. The Kier molecular flexibility index (Phi) is 5.65. The van der Waals surface area contributed by atoms with E-state index in [1.165, 1.54) is 6.42 Å². The fourth-order valence-corrected chi connectivity index (χ4v) is 4.42. The highest BCUT2D eigenvalue weighted by Gasteiger charge is 2.45. The van der Waals surface area contributed by atoms with Crippen molar-refractivity contribution in [3.63, 3.8) is 0 Å². The average molecular weight is 341 g/mol. The summed E-state index contributed by atoms with van der Waals surface area (Å²) in [6.07, 6.45) is 3.88. The Morgan fingerprint density at radius 3 is 2.88 bits per heavy atom. The van der Waals surface area contributed by atoms with Gasteiger partial charge in [-0.25, -0.2) is 10.9 Å². The van der Waals surface area contributed by atoms with Crippen molar-refractivity contribution in [1.82, 2.24) is 26.8 Å². The minimum absolute atomic E-state index is 0.141. The van der Waals surface area contributed by atoms with Gasteiger partial charge < -0.3 is 14.2 Å². The molecule has 0 aromatic rings. The highest BCUT2D eigenvalue weighted by atomic mass is 16.6. The van der Waals surface area contributed by atoms with Gasteiger partial charge in [0.15, 0.2) is 0 Å². The number of hydrogen-bond donors (Lipinski definition) is 4. The smallest absolute Gasteiger partial charge is 0.0784 e. The van der Waals surface area contributed by atoms with E-state index in [-0.39, 0.29) is 6.10 Å². The highest BCUT2D eigenvalue weighted by molar-refractivity contribution is 5.02. The lowest BCUT2D eigenvalue weighted by Gasteiger charge is -2.35. The summed E-state index contributed by atoms with van der Waals surface area (Å²) in [6.45, 7) is 6.46. The van der Waals surface area contributed by atoms with Gasteiger partial charge in [0.2, 0.25) is 0 Å². The van der Waals surface area contributed by atoms with Crippen LogP contribution in [0.15, 0.2) is 0 Å². The molecule has 24 heavy (non-hydrogen) atoms. The molecule has 0 aromatic carbocycles. The second-order valence-corrected chi connectivity index (χ2v) is 7.40. The zero-order valence-corrected chi connectivity index (χ0v) is 14.5. The lowest BCUT2D eigenvalue weighted by Crippen LogP contribution is -2.51. The minimum Gasteiger partial charge on any atom is -0.378 e. The molecule has 138 valence electrons. The fourth-order valence-electron chi connectivity index (χ4n) is 4.42. The van der Waals surface area contributed by atoms with Gasteiger partial charge in [-0.2, -0.15) is 5.12 Å². The van der Waals surface area contributed by atoms with Crippen molar-refractivity contribution >= 4 is 0 Å². The van der Waals surface area contributed by atoms with Crippen molar-refractivity contribution in [3.05, 3.63) is 0 Å². The van der Waals surface area contributed by atoms with Gasteiger partial charge in [0, 0.05) is 18.6 Å². The first-order valence-electron chi connectivity index (χ1n) is 9.39. The van der Waals surface area contributed by atoms with Gasteiger partial charge in [-0.05, 0) is 32.1 Å². The van der Waals surface area contributed by atoms with Gasteiger partial charge in [0.05, 0.1) is 51.2 Å². The van der Waals surface area contributed by atoms with Crippen LogP contribution in [-0.4, -0.2) is 75.0 Å². The predicted molar refractivity (Wildman–Crippen MR) is 88.8 cm³/mol. The average Bonchev–Trinajstić information content (AvgIpc) is 3.19. The first-order valence-corrected chi connectivity index (χ1v) is 9.39. The summed E-state index contributed by atoms with van der Waals surface area (Å²) in [5.74, 6) is 0.597. The Bertz CT molecular complexity index is 415. The molecule has 7 atom stereocenters. The lowest BCUT2D eigenvalue weighted by atomic mass is 9.78. The lowest BCUT2D eigenvalue weighted by molar-refractivity contribution is -0.0765. The van der Waals surface area contributed by atoms with Crippen LogP contribution in [0.1, 0.15) is 26.2 Å². The van der Waals surface area contributed by atoms with Crippen LogP contribution in [0.5, 0.6) is 0 Å². The Hall–Kier alpha value is -0.320. The van der Waals surface area contributed by atoms with Crippen molar-refractivity contribution in [3.8, 4) is 0 Å². The zero-order chi connectivity index (χ0) is 16.4. The maximum absolute atomic E-state index is 6.26. The Morgan fingerprint density at radius 2 is 1.92 bits per heavy atom. The van der Waals surface area contributed by atoms with Crippen molar-refractivity contribution < 1.29 is 14.2 Å². The van der Waals surface area contributed by atoms with E-state index >= 15 is 0 Å². The van der Waals surface area contributed by atoms with Gasteiger partial charge >= 0.3 is 0 Å². The molecule has 0 spiro atoms. The Morgan fingerprint density at radius 1 is 1.00 bits per heavy atom. The fraction of sp³-hybridized carbons (Fsp3) is 1.00. The number of fused-ring (bicyclic) bond motifs is 4. The highest BCUT2D eigenvalue weighted by Crippen LogP contribution is 2.34. The molecule has 0 aromatic heterocycles.